The van der Waals surface area contributed by atoms with Crippen LogP contribution in [0, 0.1) is 19.8 Å². The molecule has 0 atom stereocenters. The smallest absolute Gasteiger partial charge is 0.0225 e. The zero-order valence-corrected chi connectivity index (χ0v) is 11.0. The second kappa shape index (κ2) is 4.62. The molecule has 1 aliphatic rings. The molecule has 1 aromatic heterocycles. The van der Waals surface area contributed by atoms with Crippen LogP contribution in [0.3, 0.4) is 0 Å². The maximum absolute atomic E-state index is 3.66. The summed E-state index contributed by atoms with van der Waals surface area (Å²) in [6.45, 7) is 11.1. The number of nitrogens with one attached hydrogen (secondary N) is 1. The fourth-order valence-corrected chi connectivity index (χ4v) is 2.86. The van der Waals surface area contributed by atoms with Gasteiger partial charge in [0.15, 0.2) is 0 Å². The van der Waals surface area contributed by atoms with Crippen molar-refractivity contribution in [2.24, 2.45) is 5.92 Å². The van der Waals surface area contributed by atoms with Crippen molar-refractivity contribution >= 4 is 0 Å². The van der Waals surface area contributed by atoms with Crippen molar-refractivity contribution in [2.45, 2.75) is 59.7 Å². The van der Waals surface area contributed by atoms with Gasteiger partial charge in [-0.2, -0.15) is 0 Å². The first kappa shape index (κ1) is 11.7. The van der Waals surface area contributed by atoms with Gasteiger partial charge >= 0.3 is 0 Å². The quantitative estimate of drug-likeness (QED) is 0.825. The summed E-state index contributed by atoms with van der Waals surface area (Å²) in [7, 11) is 0. The zero-order chi connectivity index (χ0) is 11.7. The van der Waals surface area contributed by atoms with Crippen molar-refractivity contribution in [1.29, 1.82) is 0 Å². The maximum Gasteiger partial charge on any atom is 0.0225 e. The summed E-state index contributed by atoms with van der Waals surface area (Å²) in [5.41, 5.74) is 4.29. The van der Waals surface area contributed by atoms with E-state index in [1.54, 1.807) is 0 Å². The zero-order valence-electron chi connectivity index (χ0n) is 11.0. The highest BCUT2D eigenvalue weighted by atomic mass is 15.0. The molecule has 0 spiro atoms. The van der Waals surface area contributed by atoms with E-state index in [0.29, 0.717) is 0 Å². The third kappa shape index (κ3) is 2.17. The van der Waals surface area contributed by atoms with Gasteiger partial charge in [-0.15, -0.1) is 0 Å². The first-order valence-corrected chi connectivity index (χ1v) is 6.50. The average molecular weight is 220 g/mol. The minimum atomic E-state index is 0.764. The third-order valence-electron chi connectivity index (χ3n) is 3.95. The molecular formula is C14H24N2. The number of nitrogens with zero attached hydrogens (tertiary/aromatic N) is 1. The van der Waals surface area contributed by atoms with Crippen LogP contribution in [0.2, 0.25) is 0 Å². The average Bonchev–Trinajstić information content (AvgIpc) is 2.47. The molecule has 1 fully saturated rings. The molecule has 1 aromatic rings. The van der Waals surface area contributed by atoms with Crippen molar-refractivity contribution in [3.05, 3.63) is 23.0 Å². The van der Waals surface area contributed by atoms with Crippen LogP contribution in [0.1, 0.15) is 43.6 Å². The second-order valence-electron chi connectivity index (χ2n) is 5.30. The minimum absolute atomic E-state index is 0.764. The van der Waals surface area contributed by atoms with Gasteiger partial charge in [-0.3, -0.25) is 0 Å². The normalized spacial score (nSPS) is 24.5. The van der Waals surface area contributed by atoms with Crippen LogP contribution < -0.4 is 5.32 Å². The van der Waals surface area contributed by atoms with Gasteiger partial charge in [0.25, 0.3) is 0 Å². The second-order valence-corrected chi connectivity index (χ2v) is 5.30. The lowest BCUT2D eigenvalue weighted by Crippen LogP contribution is -2.39. The van der Waals surface area contributed by atoms with Crippen LogP contribution in [0.25, 0.3) is 0 Å². The van der Waals surface area contributed by atoms with E-state index in [1.165, 1.54) is 29.8 Å². The summed E-state index contributed by atoms with van der Waals surface area (Å²) in [5.74, 6) is 0.931. The molecular weight excluding hydrogens is 196 g/mol. The predicted octanol–water partition coefficient (Wildman–Crippen LogP) is 3.01. The number of hydrogen-bond donors (Lipinski definition) is 1. The molecule has 16 heavy (non-hydrogen) atoms. The van der Waals surface area contributed by atoms with Crippen LogP contribution in [0.4, 0.5) is 0 Å². The van der Waals surface area contributed by atoms with Crippen molar-refractivity contribution in [1.82, 2.24) is 9.88 Å². The summed E-state index contributed by atoms with van der Waals surface area (Å²) in [4.78, 5) is 0. The van der Waals surface area contributed by atoms with Gasteiger partial charge in [0.2, 0.25) is 0 Å². The first-order chi connectivity index (χ1) is 7.61. The molecule has 1 N–H and O–H groups in total. The lowest BCUT2D eigenvalue weighted by Gasteiger charge is -2.33. The Labute approximate surface area is 99.0 Å². The topological polar surface area (TPSA) is 17.0 Å². The molecule has 1 heterocycles. The Balaban J connectivity index is 1.94. The number of aromatic nitrogens is 1. The number of rotatable bonds is 4. The lowest BCUT2D eigenvalue weighted by molar-refractivity contribution is 0.240. The van der Waals surface area contributed by atoms with Crippen molar-refractivity contribution < 1.29 is 0 Å². The monoisotopic (exact) mass is 220 g/mol. The summed E-state index contributed by atoms with van der Waals surface area (Å²) >= 11 is 0. The minimum Gasteiger partial charge on any atom is -0.349 e. The van der Waals surface area contributed by atoms with Crippen LogP contribution in [0.5, 0.6) is 0 Å². The molecule has 1 aliphatic carbocycles. The molecule has 0 radical (unpaired) electrons. The largest absolute Gasteiger partial charge is 0.349 e. The molecule has 2 rings (SSSR count). The van der Waals surface area contributed by atoms with Crippen molar-refractivity contribution in [2.75, 3.05) is 0 Å². The van der Waals surface area contributed by atoms with Gasteiger partial charge < -0.3 is 9.88 Å². The molecule has 0 aromatic carbocycles. The van der Waals surface area contributed by atoms with E-state index in [-0.39, 0.29) is 0 Å². The Kier molecular flexibility index (Phi) is 3.38. The molecule has 2 nitrogen and oxygen atoms in total. The Hall–Kier alpha value is -0.760. The summed E-state index contributed by atoms with van der Waals surface area (Å²) in [6.07, 6.45) is 2.71. The van der Waals surface area contributed by atoms with E-state index in [0.717, 1.165) is 25.0 Å². The van der Waals surface area contributed by atoms with Gasteiger partial charge in [-0.25, -0.2) is 0 Å². The van der Waals surface area contributed by atoms with E-state index >= 15 is 0 Å². The lowest BCUT2D eigenvalue weighted by atomic mass is 9.82. The molecule has 0 amide bonds. The van der Waals surface area contributed by atoms with Crippen LogP contribution in [-0.4, -0.2) is 10.6 Å². The van der Waals surface area contributed by atoms with Crippen LogP contribution >= 0.6 is 0 Å². The van der Waals surface area contributed by atoms with Crippen LogP contribution in [-0.2, 0) is 13.1 Å². The molecule has 90 valence electrons. The summed E-state index contributed by atoms with van der Waals surface area (Å²) in [5, 5.41) is 3.66. The predicted molar refractivity (Wildman–Crippen MR) is 68.6 cm³/mol. The Morgan fingerprint density at radius 2 is 2.06 bits per heavy atom. The highest BCUT2D eigenvalue weighted by Crippen LogP contribution is 2.26. The van der Waals surface area contributed by atoms with Gasteiger partial charge in [0, 0.05) is 30.5 Å². The molecule has 0 aliphatic heterocycles. The van der Waals surface area contributed by atoms with Gasteiger partial charge in [0.05, 0.1) is 0 Å². The summed E-state index contributed by atoms with van der Waals surface area (Å²) < 4.78 is 2.39. The van der Waals surface area contributed by atoms with Gasteiger partial charge in [-0.05, 0) is 51.2 Å². The Morgan fingerprint density at radius 1 is 1.38 bits per heavy atom. The van der Waals surface area contributed by atoms with Gasteiger partial charge in [0.1, 0.15) is 0 Å². The standard InChI is InChI=1S/C14H24N2/c1-5-16-11(3)8-13(12(16)4)9-15-14-6-10(2)7-14/h8,10,14-15H,5-7,9H2,1-4H3. The van der Waals surface area contributed by atoms with E-state index in [2.05, 4.69) is 43.6 Å². The molecule has 0 saturated heterocycles. The van der Waals surface area contributed by atoms with E-state index in [9.17, 15) is 0 Å². The molecule has 0 bridgehead atoms. The first-order valence-electron chi connectivity index (χ1n) is 6.50. The van der Waals surface area contributed by atoms with E-state index in [4.69, 9.17) is 0 Å². The molecule has 0 unspecified atom stereocenters. The fourth-order valence-electron chi connectivity index (χ4n) is 2.86. The van der Waals surface area contributed by atoms with Crippen molar-refractivity contribution in [3.8, 4) is 0 Å². The third-order valence-corrected chi connectivity index (χ3v) is 3.95. The Morgan fingerprint density at radius 3 is 2.56 bits per heavy atom. The molecule has 2 heteroatoms. The number of hydrogen-bond acceptors (Lipinski definition) is 1. The van der Waals surface area contributed by atoms with Crippen molar-refractivity contribution in [3.63, 3.8) is 0 Å². The van der Waals surface area contributed by atoms with Crippen LogP contribution in [0.15, 0.2) is 6.07 Å². The number of aryl methyl sites for hydroxylation is 1. The Bertz CT molecular complexity index is 359. The maximum atomic E-state index is 3.66. The summed E-state index contributed by atoms with van der Waals surface area (Å²) in [6, 6.07) is 3.09. The highest BCUT2D eigenvalue weighted by Gasteiger charge is 2.24. The SMILES string of the molecule is CCn1c(C)cc(CNC2CC(C)C2)c1C. The highest BCUT2D eigenvalue weighted by molar-refractivity contribution is 5.26. The van der Waals surface area contributed by atoms with Gasteiger partial charge in [-0.1, -0.05) is 6.92 Å². The van der Waals surface area contributed by atoms with E-state index in [1.807, 2.05) is 0 Å². The van der Waals surface area contributed by atoms with E-state index < -0.39 is 0 Å². The fraction of sp³-hybridized carbons (Fsp3) is 0.714. The molecule has 1 saturated carbocycles.